The second kappa shape index (κ2) is 9.47. The smallest absolute Gasteiger partial charge is 0.257 e. The van der Waals surface area contributed by atoms with Crippen LogP contribution in [0, 0.1) is 0 Å². The minimum Gasteiger partial charge on any atom is -0.378 e. The van der Waals surface area contributed by atoms with Crippen LogP contribution in [0.25, 0.3) is 0 Å². The largest absolute Gasteiger partial charge is 0.378 e. The number of piperazine rings is 1. The molecule has 0 unspecified atom stereocenters. The third-order valence-electron chi connectivity index (χ3n) is 6.01. The first-order chi connectivity index (χ1) is 15.0. The summed E-state index contributed by atoms with van der Waals surface area (Å²) in [7, 11) is 0. The SMILES string of the molecule is CC(C)c1ccc(C(=O)N2CCN(C(=O)c3cccnc3N3CCOCC3)CC2)cc1. The fourth-order valence-electron chi connectivity index (χ4n) is 4.07. The van der Waals surface area contributed by atoms with Crippen LogP contribution in [0.4, 0.5) is 5.82 Å². The van der Waals surface area contributed by atoms with Gasteiger partial charge in [0.15, 0.2) is 0 Å². The first-order valence-corrected chi connectivity index (χ1v) is 11.0. The Hall–Kier alpha value is -2.93. The summed E-state index contributed by atoms with van der Waals surface area (Å²) < 4.78 is 5.42. The second-order valence-electron chi connectivity index (χ2n) is 8.34. The molecule has 2 fully saturated rings. The van der Waals surface area contributed by atoms with Crippen molar-refractivity contribution in [2.24, 2.45) is 0 Å². The predicted octanol–water partition coefficient (Wildman–Crippen LogP) is 2.64. The fraction of sp³-hybridized carbons (Fsp3) is 0.458. The molecule has 4 rings (SSSR count). The number of hydrogen-bond acceptors (Lipinski definition) is 5. The van der Waals surface area contributed by atoms with Gasteiger partial charge in [-0.05, 0) is 35.7 Å². The molecule has 0 N–H and O–H groups in total. The molecular formula is C24H30N4O3. The van der Waals surface area contributed by atoms with E-state index in [1.807, 2.05) is 40.1 Å². The van der Waals surface area contributed by atoms with Crippen molar-refractivity contribution in [2.45, 2.75) is 19.8 Å². The third-order valence-corrected chi connectivity index (χ3v) is 6.01. The highest BCUT2D eigenvalue weighted by Gasteiger charge is 2.28. The highest BCUT2D eigenvalue weighted by molar-refractivity contribution is 5.99. The Bertz CT molecular complexity index is 915. The molecule has 2 saturated heterocycles. The molecule has 0 bridgehead atoms. The zero-order valence-corrected chi connectivity index (χ0v) is 18.3. The molecule has 0 saturated carbocycles. The second-order valence-corrected chi connectivity index (χ2v) is 8.34. The number of carbonyl (C=O) groups is 2. The highest BCUT2D eigenvalue weighted by atomic mass is 16.5. The van der Waals surface area contributed by atoms with Crippen LogP contribution >= 0.6 is 0 Å². The molecule has 164 valence electrons. The van der Waals surface area contributed by atoms with Crippen LogP contribution in [-0.4, -0.2) is 79.1 Å². The van der Waals surface area contributed by atoms with Gasteiger partial charge in [0.2, 0.25) is 0 Å². The Morgan fingerprint density at radius 1 is 0.871 bits per heavy atom. The van der Waals surface area contributed by atoms with Crippen molar-refractivity contribution in [3.05, 3.63) is 59.3 Å². The molecule has 31 heavy (non-hydrogen) atoms. The van der Waals surface area contributed by atoms with Gasteiger partial charge in [-0.15, -0.1) is 0 Å². The number of nitrogens with zero attached hydrogens (tertiary/aromatic N) is 4. The number of carbonyl (C=O) groups excluding carboxylic acids is 2. The number of hydrogen-bond donors (Lipinski definition) is 0. The maximum Gasteiger partial charge on any atom is 0.257 e. The Morgan fingerprint density at radius 2 is 1.48 bits per heavy atom. The van der Waals surface area contributed by atoms with E-state index in [-0.39, 0.29) is 11.8 Å². The first-order valence-electron chi connectivity index (χ1n) is 11.0. The lowest BCUT2D eigenvalue weighted by Gasteiger charge is -2.36. The Morgan fingerprint density at radius 3 is 2.10 bits per heavy atom. The molecule has 2 aromatic rings. The van der Waals surface area contributed by atoms with Crippen LogP contribution in [0.1, 0.15) is 46.0 Å². The average molecular weight is 423 g/mol. The summed E-state index contributed by atoms with van der Waals surface area (Å²) in [6.07, 6.45) is 1.72. The Kier molecular flexibility index (Phi) is 6.51. The predicted molar refractivity (Wildman–Crippen MR) is 120 cm³/mol. The van der Waals surface area contributed by atoms with Crippen LogP contribution in [0.2, 0.25) is 0 Å². The van der Waals surface area contributed by atoms with E-state index in [2.05, 4.69) is 23.7 Å². The van der Waals surface area contributed by atoms with Gasteiger partial charge in [0, 0.05) is 51.0 Å². The van der Waals surface area contributed by atoms with Gasteiger partial charge in [-0.1, -0.05) is 26.0 Å². The monoisotopic (exact) mass is 422 g/mol. The molecule has 1 aromatic heterocycles. The molecule has 1 aromatic carbocycles. The molecule has 7 nitrogen and oxygen atoms in total. The number of amides is 2. The van der Waals surface area contributed by atoms with Gasteiger partial charge in [0.05, 0.1) is 18.8 Å². The summed E-state index contributed by atoms with van der Waals surface area (Å²) in [6.45, 7) is 9.13. The first kappa shape index (κ1) is 21.3. The van der Waals surface area contributed by atoms with Crippen molar-refractivity contribution in [1.82, 2.24) is 14.8 Å². The van der Waals surface area contributed by atoms with Crippen molar-refractivity contribution in [1.29, 1.82) is 0 Å². The molecule has 7 heteroatoms. The van der Waals surface area contributed by atoms with Crippen molar-refractivity contribution in [3.63, 3.8) is 0 Å². The number of anilines is 1. The molecule has 2 aliphatic rings. The molecule has 3 heterocycles. The minimum absolute atomic E-state index is 0.0250. The number of pyridine rings is 1. The Labute approximate surface area is 183 Å². The van der Waals surface area contributed by atoms with Gasteiger partial charge < -0.3 is 19.4 Å². The lowest BCUT2D eigenvalue weighted by atomic mass is 10.0. The maximum absolute atomic E-state index is 13.2. The molecule has 0 atom stereocenters. The van der Waals surface area contributed by atoms with Crippen molar-refractivity contribution in [2.75, 3.05) is 57.4 Å². The van der Waals surface area contributed by atoms with Gasteiger partial charge in [0.25, 0.3) is 11.8 Å². The average Bonchev–Trinajstić information content (AvgIpc) is 2.84. The zero-order chi connectivity index (χ0) is 21.8. The van der Waals surface area contributed by atoms with Crippen LogP contribution in [0.3, 0.4) is 0 Å². The molecular weight excluding hydrogens is 392 g/mol. The van der Waals surface area contributed by atoms with E-state index < -0.39 is 0 Å². The van der Waals surface area contributed by atoms with Gasteiger partial charge >= 0.3 is 0 Å². The van der Waals surface area contributed by atoms with Gasteiger partial charge in [0.1, 0.15) is 5.82 Å². The van der Waals surface area contributed by atoms with Gasteiger partial charge in [-0.3, -0.25) is 9.59 Å². The lowest BCUT2D eigenvalue weighted by molar-refractivity contribution is 0.0535. The molecule has 2 amide bonds. The number of ether oxygens (including phenoxy) is 1. The summed E-state index contributed by atoms with van der Waals surface area (Å²) in [4.78, 5) is 36.4. The minimum atomic E-state index is -0.0250. The summed E-state index contributed by atoms with van der Waals surface area (Å²) in [6, 6.07) is 11.5. The highest BCUT2D eigenvalue weighted by Crippen LogP contribution is 2.22. The quantitative estimate of drug-likeness (QED) is 0.758. The van der Waals surface area contributed by atoms with Gasteiger partial charge in [-0.2, -0.15) is 0 Å². The van der Waals surface area contributed by atoms with E-state index in [0.717, 1.165) is 18.9 Å². The van der Waals surface area contributed by atoms with Crippen LogP contribution in [0.5, 0.6) is 0 Å². The van der Waals surface area contributed by atoms with E-state index in [9.17, 15) is 9.59 Å². The van der Waals surface area contributed by atoms with E-state index in [0.29, 0.717) is 56.4 Å². The summed E-state index contributed by atoms with van der Waals surface area (Å²) in [5.41, 5.74) is 2.54. The van der Waals surface area contributed by atoms with Crippen molar-refractivity contribution >= 4 is 17.6 Å². The number of benzene rings is 1. The summed E-state index contributed by atoms with van der Waals surface area (Å²) in [5.74, 6) is 1.16. The van der Waals surface area contributed by atoms with E-state index >= 15 is 0 Å². The van der Waals surface area contributed by atoms with Crippen molar-refractivity contribution in [3.8, 4) is 0 Å². The topological polar surface area (TPSA) is 66.0 Å². The van der Waals surface area contributed by atoms with Crippen LogP contribution < -0.4 is 4.90 Å². The van der Waals surface area contributed by atoms with E-state index in [1.165, 1.54) is 5.56 Å². The normalized spacial score (nSPS) is 17.2. The molecule has 0 aliphatic carbocycles. The van der Waals surface area contributed by atoms with E-state index in [1.54, 1.807) is 12.3 Å². The van der Waals surface area contributed by atoms with Crippen LogP contribution in [0.15, 0.2) is 42.6 Å². The third kappa shape index (κ3) is 4.71. The molecule has 0 spiro atoms. The number of rotatable bonds is 4. The number of morpholine rings is 1. The maximum atomic E-state index is 13.2. The van der Waals surface area contributed by atoms with Crippen LogP contribution in [-0.2, 0) is 4.74 Å². The van der Waals surface area contributed by atoms with Gasteiger partial charge in [-0.25, -0.2) is 4.98 Å². The fourth-order valence-corrected chi connectivity index (χ4v) is 4.07. The summed E-state index contributed by atoms with van der Waals surface area (Å²) in [5, 5.41) is 0. The zero-order valence-electron chi connectivity index (χ0n) is 18.3. The Balaban J connectivity index is 1.40. The molecule has 0 radical (unpaired) electrons. The van der Waals surface area contributed by atoms with E-state index in [4.69, 9.17) is 4.74 Å². The lowest BCUT2D eigenvalue weighted by Crippen LogP contribution is -2.51. The van der Waals surface area contributed by atoms with Crippen molar-refractivity contribution < 1.29 is 14.3 Å². The summed E-state index contributed by atoms with van der Waals surface area (Å²) >= 11 is 0. The molecule has 2 aliphatic heterocycles. The number of aromatic nitrogens is 1. The standard InChI is InChI=1S/C24H30N4O3/c1-18(2)19-5-7-20(8-6-19)23(29)27-10-12-28(13-11-27)24(30)21-4-3-9-25-22(21)26-14-16-31-17-15-26/h3-9,18H,10-17H2,1-2H3.